The van der Waals surface area contributed by atoms with Crippen LogP contribution in [0.3, 0.4) is 0 Å². The zero-order valence-electron chi connectivity index (χ0n) is 16.4. The number of anilines is 2. The Labute approximate surface area is 166 Å². The maximum atomic E-state index is 12.3. The molecule has 28 heavy (non-hydrogen) atoms. The zero-order chi connectivity index (χ0) is 19.8. The van der Waals surface area contributed by atoms with Gasteiger partial charge in [0.2, 0.25) is 5.91 Å². The molecule has 1 fully saturated rings. The van der Waals surface area contributed by atoms with E-state index in [4.69, 9.17) is 14.2 Å². The molecular weight excluding hydrogens is 356 g/mol. The standard InChI is InChI=1S/C22H28N2O4/c1-16(2)28-20-9-3-6-17(12-20)23-14-22(25)24-18-7-4-8-19(13-18)27-15-21-10-5-11-26-21/h3-4,6-9,12-13,16,21,23H,5,10-11,14-15H2,1-2H3,(H,24,25). The van der Waals surface area contributed by atoms with Gasteiger partial charge in [-0.1, -0.05) is 12.1 Å². The Morgan fingerprint density at radius 1 is 1.14 bits per heavy atom. The highest BCUT2D eigenvalue weighted by molar-refractivity contribution is 5.93. The summed E-state index contributed by atoms with van der Waals surface area (Å²) < 4.78 is 17.0. The summed E-state index contributed by atoms with van der Waals surface area (Å²) in [4.78, 5) is 12.3. The Kier molecular flexibility index (Phi) is 7.14. The van der Waals surface area contributed by atoms with Crippen LogP contribution in [0, 0.1) is 0 Å². The average molecular weight is 384 g/mol. The number of ether oxygens (including phenoxy) is 3. The molecule has 3 rings (SSSR count). The molecule has 0 bridgehead atoms. The van der Waals surface area contributed by atoms with Crippen molar-refractivity contribution in [3.8, 4) is 11.5 Å². The second-order valence-electron chi connectivity index (χ2n) is 7.07. The summed E-state index contributed by atoms with van der Waals surface area (Å²) in [5.41, 5.74) is 1.54. The van der Waals surface area contributed by atoms with Gasteiger partial charge in [-0.3, -0.25) is 4.79 Å². The number of rotatable bonds is 9. The molecule has 0 saturated carbocycles. The maximum Gasteiger partial charge on any atom is 0.243 e. The monoisotopic (exact) mass is 384 g/mol. The summed E-state index contributed by atoms with van der Waals surface area (Å²) in [6.07, 6.45) is 2.39. The van der Waals surface area contributed by atoms with Crippen molar-refractivity contribution in [3.05, 3.63) is 48.5 Å². The van der Waals surface area contributed by atoms with Crippen LogP contribution >= 0.6 is 0 Å². The molecule has 0 aromatic heterocycles. The van der Waals surface area contributed by atoms with E-state index in [1.807, 2.05) is 62.4 Å². The zero-order valence-corrected chi connectivity index (χ0v) is 16.4. The minimum absolute atomic E-state index is 0.105. The molecule has 1 aliphatic rings. The molecule has 6 nitrogen and oxygen atoms in total. The summed E-state index contributed by atoms with van der Waals surface area (Å²) in [5, 5.41) is 6.00. The molecule has 0 aliphatic carbocycles. The Balaban J connectivity index is 1.47. The number of carbonyl (C=O) groups excluding carboxylic acids is 1. The molecule has 1 atom stereocenters. The van der Waals surface area contributed by atoms with Crippen molar-refractivity contribution < 1.29 is 19.0 Å². The van der Waals surface area contributed by atoms with E-state index in [-0.39, 0.29) is 24.7 Å². The van der Waals surface area contributed by atoms with Crippen LogP contribution in [0.1, 0.15) is 26.7 Å². The normalized spacial score (nSPS) is 16.0. The lowest BCUT2D eigenvalue weighted by atomic mass is 10.2. The number of hydrogen-bond acceptors (Lipinski definition) is 5. The van der Waals surface area contributed by atoms with Crippen LogP contribution in [0.4, 0.5) is 11.4 Å². The lowest BCUT2D eigenvalue weighted by Gasteiger charge is -2.13. The van der Waals surface area contributed by atoms with Crippen LogP contribution in [0.2, 0.25) is 0 Å². The van der Waals surface area contributed by atoms with Crippen LogP contribution in [0.15, 0.2) is 48.5 Å². The molecule has 0 radical (unpaired) electrons. The summed E-state index contributed by atoms with van der Waals surface area (Å²) >= 11 is 0. The lowest BCUT2D eigenvalue weighted by Crippen LogP contribution is -2.22. The first kappa shape index (κ1) is 20.0. The van der Waals surface area contributed by atoms with Crippen molar-refractivity contribution in [3.63, 3.8) is 0 Å². The van der Waals surface area contributed by atoms with Crippen molar-refractivity contribution in [2.75, 3.05) is 30.4 Å². The van der Waals surface area contributed by atoms with Crippen molar-refractivity contribution in [1.82, 2.24) is 0 Å². The van der Waals surface area contributed by atoms with Crippen LogP contribution in [0.25, 0.3) is 0 Å². The van der Waals surface area contributed by atoms with Gasteiger partial charge < -0.3 is 24.8 Å². The van der Waals surface area contributed by atoms with Gasteiger partial charge in [0, 0.05) is 30.1 Å². The Morgan fingerprint density at radius 3 is 2.64 bits per heavy atom. The van der Waals surface area contributed by atoms with Gasteiger partial charge >= 0.3 is 0 Å². The minimum Gasteiger partial charge on any atom is -0.491 e. The molecule has 1 heterocycles. The van der Waals surface area contributed by atoms with E-state index in [2.05, 4.69) is 10.6 Å². The van der Waals surface area contributed by atoms with E-state index < -0.39 is 0 Å². The fraction of sp³-hybridized carbons (Fsp3) is 0.409. The highest BCUT2D eigenvalue weighted by atomic mass is 16.5. The van der Waals surface area contributed by atoms with E-state index >= 15 is 0 Å². The van der Waals surface area contributed by atoms with E-state index in [1.165, 1.54) is 0 Å². The molecule has 2 N–H and O–H groups in total. The molecule has 1 saturated heterocycles. The summed E-state index contributed by atoms with van der Waals surface area (Å²) in [6, 6.07) is 15.0. The third-order valence-electron chi connectivity index (χ3n) is 4.24. The first-order chi connectivity index (χ1) is 13.6. The Morgan fingerprint density at radius 2 is 1.89 bits per heavy atom. The third kappa shape index (κ3) is 6.46. The van der Waals surface area contributed by atoms with E-state index in [0.717, 1.165) is 36.6 Å². The number of amides is 1. The molecule has 0 spiro atoms. The van der Waals surface area contributed by atoms with Crippen molar-refractivity contribution in [1.29, 1.82) is 0 Å². The largest absolute Gasteiger partial charge is 0.491 e. The Bertz CT molecular complexity index is 773. The third-order valence-corrected chi connectivity index (χ3v) is 4.24. The van der Waals surface area contributed by atoms with Crippen molar-refractivity contribution in [2.45, 2.75) is 38.9 Å². The summed E-state index contributed by atoms with van der Waals surface area (Å²) in [7, 11) is 0. The molecule has 1 unspecified atom stereocenters. The number of hydrogen-bond donors (Lipinski definition) is 2. The van der Waals surface area contributed by atoms with Gasteiger partial charge in [-0.25, -0.2) is 0 Å². The molecule has 2 aromatic carbocycles. The van der Waals surface area contributed by atoms with Crippen molar-refractivity contribution >= 4 is 17.3 Å². The topological polar surface area (TPSA) is 68.8 Å². The highest BCUT2D eigenvalue weighted by Gasteiger charge is 2.16. The predicted octanol–water partition coefficient (Wildman–Crippen LogP) is 4.08. The van der Waals surface area contributed by atoms with Crippen LogP contribution in [-0.4, -0.2) is 37.9 Å². The second-order valence-corrected chi connectivity index (χ2v) is 7.07. The van der Waals surface area contributed by atoms with Gasteiger partial charge in [0.15, 0.2) is 0 Å². The molecule has 2 aromatic rings. The quantitative estimate of drug-likeness (QED) is 0.682. The average Bonchev–Trinajstić information content (AvgIpc) is 3.19. The van der Waals surface area contributed by atoms with E-state index in [9.17, 15) is 4.79 Å². The number of nitrogens with one attached hydrogen (secondary N) is 2. The predicted molar refractivity (Wildman–Crippen MR) is 110 cm³/mol. The van der Waals surface area contributed by atoms with Gasteiger partial charge in [0.25, 0.3) is 0 Å². The molecule has 1 amide bonds. The van der Waals surface area contributed by atoms with Gasteiger partial charge in [-0.15, -0.1) is 0 Å². The smallest absolute Gasteiger partial charge is 0.243 e. The fourth-order valence-electron chi connectivity index (χ4n) is 2.97. The molecular formula is C22H28N2O4. The summed E-state index contributed by atoms with van der Waals surface area (Å²) in [6.45, 7) is 5.46. The first-order valence-electron chi connectivity index (χ1n) is 9.73. The Hall–Kier alpha value is -2.73. The van der Waals surface area contributed by atoms with Crippen LogP contribution in [0.5, 0.6) is 11.5 Å². The number of carbonyl (C=O) groups is 1. The first-order valence-corrected chi connectivity index (χ1v) is 9.73. The van der Waals surface area contributed by atoms with Crippen LogP contribution < -0.4 is 20.1 Å². The molecule has 150 valence electrons. The van der Waals surface area contributed by atoms with Gasteiger partial charge in [0.1, 0.15) is 18.1 Å². The van der Waals surface area contributed by atoms with E-state index in [1.54, 1.807) is 0 Å². The minimum atomic E-state index is -0.133. The van der Waals surface area contributed by atoms with Gasteiger partial charge in [-0.05, 0) is 51.0 Å². The van der Waals surface area contributed by atoms with E-state index in [0.29, 0.717) is 12.3 Å². The lowest BCUT2D eigenvalue weighted by molar-refractivity contribution is -0.114. The van der Waals surface area contributed by atoms with Gasteiger partial charge in [0.05, 0.1) is 18.8 Å². The second kappa shape index (κ2) is 9.99. The molecule has 6 heteroatoms. The van der Waals surface area contributed by atoms with Gasteiger partial charge in [-0.2, -0.15) is 0 Å². The van der Waals surface area contributed by atoms with Crippen molar-refractivity contribution in [2.24, 2.45) is 0 Å². The maximum absolute atomic E-state index is 12.3. The summed E-state index contributed by atoms with van der Waals surface area (Å²) in [5.74, 6) is 1.36. The number of benzene rings is 2. The highest BCUT2D eigenvalue weighted by Crippen LogP contribution is 2.20. The van der Waals surface area contributed by atoms with Crippen LogP contribution in [-0.2, 0) is 9.53 Å². The molecule has 1 aliphatic heterocycles. The SMILES string of the molecule is CC(C)Oc1cccc(NCC(=O)Nc2cccc(OCC3CCCO3)c2)c1. The fourth-order valence-corrected chi connectivity index (χ4v) is 2.97.